The minimum absolute atomic E-state index is 0.0411. The molecule has 0 aliphatic rings. The van der Waals surface area contributed by atoms with Crippen LogP contribution in [0.1, 0.15) is 35.3 Å². The van der Waals surface area contributed by atoms with Crippen LogP contribution < -0.4 is 4.74 Å². The Hall–Kier alpha value is -3.41. The van der Waals surface area contributed by atoms with Gasteiger partial charge < -0.3 is 25.2 Å². The van der Waals surface area contributed by atoms with E-state index in [2.05, 4.69) is 0 Å². The van der Waals surface area contributed by atoms with Crippen LogP contribution in [0, 0.1) is 0 Å². The molecule has 2 rings (SSSR count). The maximum absolute atomic E-state index is 12.6. The fraction of sp³-hybridized carbons (Fsp3) is 0.190. The molecule has 6 heteroatoms. The van der Waals surface area contributed by atoms with Crippen molar-refractivity contribution in [2.24, 2.45) is 0 Å². The first-order valence-electron chi connectivity index (χ1n) is 8.23. The van der Waals surface area contributed by atoms with E-state index in [1.54, 1.807) is 0 Å². The van der Waals surface area contributed by atoms with Crippen molar-refractivity contribution in [1.29, 1.82) is 0 Å². The molecular weight excluding hydrogens is 348 g/mol. The number of aromatic hydroxyl groups is 4. The zero-order valence-electron chi connectivity index (χ0n) is 15.4. The molecule has 2 aromatic carbocycles. The minimum atomic E-state index is -0.550. The predicted molar refractivity (Wildman–Crippen MR) is 103 cm³/mol. The first kappa shape index (κ1) is 19.9. The van der Waals surface area contributed by atoms with Gasteiger partial charge in [-0.2, -0.15) is 0 Å². The monoisotopic (exact) mass is 370 g/mol. The molecule has 0 aliphatic heterocycles. The molecule has 4 N–H and O–H groups in total. The Morgan fingerprint density at radius 3 is 2.22 bits per heavy atom. The van der Waals surface area contributed by atoms with Gasteiger partial charge in [-0.25, -0.2) is 0 Å². The Kier molecular flexibility index (Phi) is 6.13. The molecule has 0 fully saturated rings. The Morgan fingerprint density at radius 1 is 1.04 bits per heavy atom. The summed E-state index contributed by atoms with van der Waals surface area (Å²) in [7, 11) is 1.33. The van der Waals surface area contributed by atoms with Crippen LogP contribution in [-0.4, -0.2) is 33.3 Å². The summed E-state index contributed by atoms with van der Waals surface area (Å²) in [6.45, 7) is 3.77. The molecule has 0 aliphatic carbocycles. The van der Waals surface area contributed by atoms with Crippen LogP contribution >= 0.6 is 0 Å². The normalized spacial score (nSPS) is 10.8. The summed E-state index contributed by atoms with van der Waals surface area (Å²) in [6.07, 6.45) is 4.66. The van der Waals surface area contributed by atoms with E-state index in [4.69, 9.17) is 4.74 Å². The average Bonchev–Trinajstić information content (AvgIpc) is 2.57. The van der Waals surface area contributed by atoms with Gasteiger partial charge in [0.05, 0.1) is 7.11 Å². The van der Waals surface area contributed by atoms with Gasteiger partial charge in [-0.1, -0.05) is 17.7 Å². The maximum atomic E-state index is 12.6. The molecule has 0 spiro atoms. The number of carbonyl (C=O) groups is 1. The second-order valence-corrected chi connectivity index (χ2v) is 6.27. The average molecular weight is 370 g/mol. The molecule has 2 aromatic rings. The summed E-state index contributed by atoms with van der Waals surface area (Å²) in [5.41, 5.74) is 1.56. The van der Waals surface area contributed by atoms with E-state index in [1.165, 1.54) is 43.5 Å². The zero-order chi connectivity index (χ0) is 20.1. The van der Waals surface area contributed by atoms with Crippen molar-refractivity contribution >= 4 is 11.9 Å². The molecule has 0 unspecified atom stereocenters. The SMILES string of the molecule is COc1cc(O)c(CC=C(C)C)c(O)c1C(=O)/C=C/c1cc(O)cc(O)c1. The highest BCUT2D eigenvalue weighted by molar-refractivity contribution is 6.11. The van der Waals surface area contributed by atoms with Crippen LogP contribution in [0.15, 0.2) is 42.0 Å². The van der Waals surface area contributed by atoms with Gasteiger partial charge in [-0.15, -0.1) is 0 Å². The molecule has 142 valence electrons. The third-order valence-electron chi connectivity index (χ3n) is 3.88. The molecule has 0 atom stereocenters. The van der Waals surface area contributed by atoms with E-state index in [0.717, 1.165) is 5.57 Å². The number of phenolic OH excluding ortho intramolecular Hbond substituents is 4. The molecule has 0 saturated carbocycles. The van der Waals surface area contributed by atoms with Gasteiger partial charge in [-0.3, -0.25) is 4.79 Å². The van der Waals surface area contributed by atoms with Crippen molar-refractivity contribution in [1.82, 2.24) is 0 Å². The third kappa shape index (κ3) is 4.82. The van der Waals surface area contributed by atoms with Gasteiger partial charge in [-0.05, 0) is 44.0 Å². The highest BCUT2D eigenvalue weighted by Crippen LogP contribution is 2.39. The van der Waals surface area contributed by atoms with Crippen molar-refractivity contribution in [3.63, 3.8) is 0 Å². The molecule has 6 nitrogen and oxygen atoms in total. The standard InChI is InChI=1S/C21H22O6/c1-12(2)4-6-16-18(25)11-19(27-3)20(21(16)26)17(24)7-5-13-8-14(22)10-15(23)9-13/h4-5,7-11,22-23,25-26H,6H2,1-3H3/b7-5+. The molecule has 0 radical (unpaired) electrons. The molecule has 0 amide bonds. The number of rotatable bonds is 6. The van der Waals surface area contributed by atoms with E-state index in [1.807, 2.05) is 19.9 Å². The van der Waals surface area contributed by atoms with Crippen LogP contribution in [0.5, 0.6) is 28.7 Å². The lowest BCUT2D eigenvalue weighted by molar-refractivity contribution is 0.104. The third-order valence-corrected chi connectivity index (χ3v) is 3.88. The molecule has 27 heavy (non-hydrogen) atoms. The van der Waals surface area contributed by atoms with Gasteiger partial charge in [0.2, 0.25) is 0 Å². The van der Waals surface area contributed by atoms with Crippen molar-refractivity contribution in [2.75, 3.05) is 7.11 Å². The van der Waals surface area contributed by atoms with Crippen molar-refractivity contribution in [3.8, 4) is 28.7 Å². The summed E-state index contributed by atoms with van der Waals surface area (Å²) in [5.74, 6) is -1.31. The van der Waals surface area contributed by atoms with Crippen molar-refractivity contribution < 1.29 is 30.0 Å². The highest BCUT2D eigenvalue weighted by atomic mass is 16.5. The summed E-state index contributed by atoms with van der Waals surface area (Å²) in [5, 5.41) is 39.7. The van der Waals surface area contributed by atoms with E-state index in [9.17, 15) is 25.2 Å². The number of ether oxygens (including phenoxy) is 1. The van der Waals surface area contributed by atoms with Crippen LogP contribution in [0.2, 0.25) is 0 Å². The number of allylic oxidation sites excluding steroid dienone is 3. The Balaban J connectivity index is 2.45. The Labute approximate surface area is 157 Å². The number of benzene rings is 2. The second-order valence-electron chi connectivity index (χ2n) is 6.27. The number of methoxy groups -OCH3 is 1. The lowest BCUT2D eigenvalue weighted by atomic mass is 9.99. The Bertz CT molecular complexity index is 901. The summed E-state index contributed by atoms with van der Waals surface area (Å²) >= 11 is 0. The van der Waals surface area contributed by atoms with Gasteiger partial charge >= 0.3 is 0 Å². The van der Waals surface area contributed by atoms with Crippen LogP contribution in [0.25, 0.3) is 6.08 Å². The van der Waals surface area contributed by atoms with Crippen molar-refractivity contribution in [2.45, 2.75) is 20.3 Å². The summed E-state index contributed by atoms with van der Waals surface area (Å²) in [4.78, 5) is 12.6. The maximum Gasteiger partial charge on any atom is 0.193 e. The summed E-state index contributed by atoms with van der Waals surface area (Å²) < 4.78 is 5.13. The molecular formula is C21H22O6. The van der Waals surface area contributed by atoms with E-state index < -0.39 is 5.78 Å². The minimum Gasteiger partial charge on any atom is -0.508 e. The van der Waals surface area contributed by atoms with Gasteiger partial charge in [0.1, 0.15) is 34.3 Å². The van der Waals surface area contributed by atoms with Crippen LogP contribution in [0.3, 0.4) is 0 Å². The fourth-order valence-electron chi connectivity index (χ4n) is 2.55. The first-order valence-corrected chi connectivity index (χ1v) is 8.23. The largest absolute Gasteiger partial charge is 0.508 e. The van der Waals surface area contributed by atoms with Gasteiger partial charge in [0.25, 0.3) is 0 Å². The highest BCUT2D eigenvalue weighted by Gasteiger charge is 2.21. The lowest BCUT2D eigenvalue weighted by Gasteiger charge is -2.13. The van der Waals surface area contributed by atoms with Gasteiger partial charge in [0, 0.05) is 17.7 Å². The first-order chi connectivity index (χ1) is 12.7. The molecule has 0 aromatic heterocycles. The lowest BCUT2D eigenvalue weighted by Crippen LogP contribution is -2.02. The molecule has 0 saturated heterocycles. The number of hydrogen-bond acceptors (Lipinski definition) is 6. The van der Waals surface area contributed by atoms with E-state index >= 15 is 0 Å². The molecule has 0 bridgehead atoms. The number of phenols is 4. The van der Waals surface area contributed by atoms with Crippen LogP contribution in [-0.2, 0) is 6.42 Å². The zero-order valence-corrected chi connectivity index (χ0v) is 15.4. The number of ketones is 1. The number of hydrogen-bond donors (Lipinski definition) is 4. The molecule has 0 heterocycles. The Morgan fingerprint density at radius 2 is 1.67 bits per heavy atom. The fourth-order valence-corrected chi connectivity index (χ4v) is 2.55. The smallest absolute Gasteiger partial charge is 0.193 e. The topological polar surface area (TPSA) is 107 Å². The second kappa shape index (κ2) is 8.31. The van der Waals surface area contributed by atoms with Gasteiger partial charge in [0.15, 0.2) is 5.78 Å². The van der Waals surface area contributed by atoms with Crippen molar-refractivity contribution in [3.05, 3.63) is 58.7 Å². The quantitative estimate of drug-likeness (QED) is 0.349. The predicted octanol–water partition coefficient (Wildman–Crippen LogP) is 3.92. The summed E-state index contributed by atoms with van der Waals surface area (Å²) in [6, 6.07) is 5.20. The van der Waals surface area contributed by atoms with E-state index in [-0.39, 0.29) is 46.3 Å². The van der Waals surface area contributed by atoms with E-state index in [0.29, 0.717) is 5.56 Å². The number of carbonyl (C=O) groups excluding carboxylic acids is 1. The van der Waals surface area contributed by atoms with Crippen LogP contribution in [0.4, 0.5) is 0 Å².